The molecule has 0 aliphatic heterocycles. The van der Waals surface area contributed by atoms with Gasteiger partial charge in [0.15, 0.2) is 0 Å². The van der Waals surface area contributed by atoms with Gasteiger partial charge in [0, 0.05) is 38.9 Å². The number of aromatic nitrogens is 2. The van der Waals surface area contributed by atoms with E-state index in [0.717, 1.165) is 37.1 Å². The fourth-order valence-electron chi connectivity index (χ4n) is 3.20. The molecule has 7 heteroatoms. The smallest absolute Gasteiger partial charge is 0.224 e. The highest BCUT2D eigenvalue weighted by atomic mass is 35.5. The minimum Gasteiger partial charge on any atom is -0.363 e. The molecule has 1 aromatic carbocycles. The molecule has 5 nitrogen and oxygen atoms in total. The van der Waals surface area contributed by atoms with Crippen molar-refractivity contribution in [3.05, 3.63) is 46.9 Å². The van der Waals surface area contributed by atoms with Crippen LogP contribution in [0.2, 0.25) is 5.02 Å². The molecule has 1 aliphatic rings. The second-order valence-corrected chi connectivity index (χ2v) is 7.36. The number of benzene rings is 1. The zero-order valence-electron chi connectivity index (χ0n) is 15.2. The molecule has 26 heavy (non-hydrogen) atoms. The van der Waals surface area contributed by atoms with Crippen molar-refractivity contribution in [3.63, 3.8) is 0 Å². The molecule has 0 unspecified atom stereocenters. The van der Waals surface area contributed by atoms with Crippen LogP contribution in [0.15, 0.2) is 30.5 Å². The molecule has 1 aliphatic carbocycles. The van der Waals surface area contributed by atoms with Crippen LogP contribution in [-0.4, -0.2) is 36.1 Å². The SMILES string of the molecule is CN(C)c1ccnc(N[C@H]2CC[C@@H](NCc3ccc(F)c(Cl)c3)CC2)n1. The normalized spacial score (nSPS) is 20.0. The van der Waals surface area contributed by atoms with Gasteiger partial charge in [-0.1, -0.05) is 17.7 Å². The Kier molecular flexibility index (Phi) is 6.27. The van der Waals surface area contributed by atoms with Crippen LogP contribution in [0.4, 0.5) is 16.2 Å². The number of anilines is 2. The summed E-state index contributed by atoms with van der Waals surface area (Å²) in [4.78, 5) is 10.8. The zero-order chi connectivity index (χ0) is 18.5. The Morgan fingerprint density at radius 3 is 2.58 bits per heavy atom. The Hall–Kier alpha value is -1.92. The predicted molar refractivity (Wildman–Crippen MR) is 104 cm³/mol. The van der Waals surface area contributed by atoms with Crippen LogP contribution in [0.3, 0.4) is 0 Å². The molecule has 0 spiro atoms. The van der Waals surface area contributed by atoms with E-state index in [2.05, 4.69) is 20.6 Å². The molecule has 2 aromatic rings. The topological polar surface area (TPSA) is 53.1 Å². The Balaban J connectivity index is 1.45. The largest absolute Gasteiger partial charge is 0.363 e. The summed E-state index contributed by atoms with van der Waals surface area (Å²) in [5, 5.41) is 7.17. The summed E-state index contributed by atoms with van der Waals surface area (Å²) < 4.78 is 13.2. The number of nitrogens with zero attached hydrogens (tertiary/aromatic N) is 3. The average Bonchev–Trinajstić information content (AvgIpc) is 2.64. The quantitative estimate of drug-likeness (QED) is 0.800. The highest BCUT2D eigenvalue weighted by molar-refractivity contribution is 6.30. The maximum absolute atomic E-state index is 13.2. The molecule has 140 valence electrons. The first-order chi connectivity index (χ1) is 12.5. The van der Waals surface area contributed by atoms with Crippen LogP contribution < -0.4 is 15.5 Å². The summed E-state index contributed by atoms with van der Waals surface area (Å²) in [5.74, 6) is 1.21. The molecule has 0 saturated heterocycles. The molecule has 1 fully saturated rings. The first-order valence-electron chi connectivity index (χ1n) is 8.95. The molecule has 0 atom stereocenters. The molecule has 2 N–H and O–H groups in total. The summed E-state index contributed by atoms with van der Waals surface area (Å²) in [5.41, 5.74) is 1.01. The van der Waals surface area contributed by atoms with E-state index in [-0.39, 0.29) is 10.8 Å². The summed E-state index contributed by atoms with van der Waals surface area (Å²) in [6.45, 7) is 0.705. The minimum atomic E-state index is -0.373. The lowest BCUT2D eigenvalue weighted by atomic mass is 9.91. The van der Waals surface area contributed by atoms with Gasteiger partial charge >= 0.3 is 0 Å². The van der Waals surface area contributed by atoms with Crippen molar-refractivity contribution in [2.45, 2.75) is 44.3 Å². The van der Waals surface area contributed by atoms with Crippen molar-refractivity contribution in [1.82, 2.24) is 15.3 Å². The predicted octanol–water partition coefficient (Wildman–Crippen LogP) is 3.85. The molecule has 0 amide bonds. The lowest BCUT2D eigenvalue weighted by Gasteiger charge is -2.30. The van der Waals surface area contributed by atoms with E-state index >= 15 is 0 Å². The molecule has 1 aromatic heterocycles. The molecule has 1 heterocycles. The van der Waals surface area contributed by atoms with Gasteiger partial charge in [-0.3, -0.25) is 0 Å². The Labute approximate surface area is 159 Å². The van der Waals surface area contributed by atoms with Gasteiger partial charge in [-0.25, -0.2) is 9.37 Å². The first-order valence-corrected chi connectivity index (χ1v) is 9.33. The Morgan fingerprint density at radius 1 is 1.15 bits per heavy atom. The van der Waals surface area contributed by atoms with Crippen LogP contribution in [0.5, 0.6) is 0 Å². The van der Waals surface area contributed by atoms with Crippen LogP contribution in [0.1, 0.15) is 31.2 Å². The minimum absolute atomic E-state index is 0.178. The average molecular weight is 378 g/mol. The Bertz CT molecular complexity index is 732. The van der Waals surface area contributed by atoms with Gasteiger partial charge in [0.05, 0.1) is 5.02 Å². The Morgan fingerprint density at radius 2 is 1.88 bits per heavy atom. The molecule has 0 radical (unpaired) electrons. The van der Waals surface area contributed by atoms with Crippen molar-refractivity contribution >= 4 is 23.4 Å². The van der Waals surface area contributed by atoms with E-state index in [1.165, 1.54) is 6.07 Å². The summed E-state index contributed by atoms with van der Waals surface area (Å²) in [6.07, 6.45) is 6.08. The van der Waals surface area contributed by atoms with Crippen molar-refractivity contribution < 1.29 is 4.39 Å². The molecular weight excluding hydrogens is 353 g/mol. The highest BCUT2D eigenvalue weighted by Crippen LogP contribution is 2.22. The lowest BCUT2D eigenvalue weighted by molar-refractivity contribution is 0.352. The number of hydrogen-bond donors (Lipinski definition) is 2. The number of hydrogen-bond acceptors (Lipinski definition) is 5. The van der Waals surface area contributed by atoms with Crippen molar-refractivity contribution in [2.75, 3.05) is 24.3 Å². The van der Waals surface area contributed by atoms with Crippen LogP contribution in [0.25, 0.3) is 0 Å². The van der Waals surface area contributed by atoms with Gasteiger partial charge in [0.1, 0.15) is 11.6 Å². The standard InChI is InChI=1S/C19H25ClFN5/c1-26(2)18-9-10-22-19(25-18)24-15-6-4-14(5-7-15)23-12-13-3-8-17(21)16(20)11-13/h3,8-11,14-15,23H,4-7,12H2,1-2H3,(H,22,24,25)/t14-,15+. The maximum Gasteiger partial charge on any atom is 0.224 e. The van der Waals surface area contributed by atoms with Crippen LogP contribution in [0, 0.1) is 5.82 Å². The second kappa shape index (κ2) is 8.64. The third-order valence-corrected chi connectivity index (χ3v) is 5.03. The fraction of sp³-hybridized carbons (Fsp3) is 0.474. The van der Waals surface area contributed by atoms with E-state index in [9.17, 15) is 4.39 Å². The van der Waals surface area contributed by atoms with Crippen molar-refractivity contribution in [2.24, 2.45) is 0 Å². The number of halogens is 2. The van der Waals surface area contributed by atoms with E-state index < -0.39 is 0 Å². The van der Waals surface area contributed by atoms with Crippen molar-refractivity contribution in [3.8, 4) is 0 Å². The van der Waals surface area contributed by atoms with E-state index in [0.29, 0.717) is 24.6 Å². The molecule has 0 bridgehead atoms. The monoisotopic (exact) mass is 377 g/mol. The molecule has 1 saturated carbocycles. The van der Waals surface area contributed by atoms with E-state index in [1.54, 1.807) is 18.3 Å². The highest BCUT2D eigenvalue weighted by Gasteiger charge is 2.21. The van der Waals surface area contributed by atoms with E-state index in [4.69, 9.17) is 11.6 Å². The second-order valence-electron chi connectivity index (χ2n) is 6.96. The molecular formula is C19H25ClFN5. The van der Waals surface area contributed by atoms with Gasteiger partial charge in [-0.2, -0.15) is 4.98 Å². The summed E-state index contributed by atoms with van der Waals surface area (Å²) in [6, 6.07) is 7.63. The zero-order valence-corrected chi connectivity index (χ0v) is 15.9. The van der Waals surface area contributed by atoms with Crippen molar-refractivity contribution in [1.29, 1.82) is 0 Å². The van der Waals surface area contributed by atoms with Gasteiger partial charge in [-0.05, 0) is 49.4 Å². The molecule has 3 rings (SSSR count). The maximum atomic E-state index is 13.2. The van der Waals surface area contributed by atoms with Gasteiger partial charge in [0.2, 0.25) is 5.95 Å². The fourth-order valence-corrected chi connectivity index (χ4v) is 3.41. The summed E-state index contributed by atoms with van der Waals surface area (Å²) in [7, 11) is 3.94. The van der Waals surface area contributed by atoms with Crippen LogP contribution in [-0.2, 0) is 6.54 Å². The summed E-state index contributed by atoms with van der Waals surface area (Å²) >= 11 is 5.84. The third kappa shape index (κ3) is 5.05. The van der Waals surface area contributed by atoms with E-state index in [1.807, 2.05) is 25.1 Å². The van der Waals surface area contributed by atoms with Gasteiger partial charge in [0.25, 0.3) is 0 Å². The number of nitrogens with one attached hydrogen (secondary N) is 2. The third-order valence-electron chi connectivity index (χ3n) is 4.74. The van der Waals surface area contributed by atoms with Gasteiger partial charge < -0.3 is 15.5 Å². The van der Waals surface area contributed by atoms with Crippen LogP contribution >= 0.6 is 11.6 Å². The lowest BCUT2D eigenvalue weighted by Crippen LogP contribution is -2.36. The number of rotatable bonds is 6. The first kappa shape index (κ1) is 18.9. The van der Waals surface area contributed by atoms with Gasteiger partial charge in [-0.15, -0.1) is 0 Å².